The molecule has 0 radical (unpaired) electrons. The number of fused-ring (bicyclic) bond motifs is 2. The van der Waals surface area contributed by atoms with Gasteiger partial charge in [0.15, 0.2) is 12.6 Å². The molecule has 140 valence electrons. The average molecular weight is 352 g/mol. The van der Waals surface area contributed by atoms with Gasteiger partial charge >= 0.3 is 0 Å². The van der Waals surface area contributed by atoms with Crippen LogP contribution in [0.2, 0.25) is 0 Å². The predicted octanol–water partition coefficient (Wildman–Crippen LogP) is -3.04. The summed E-state index contributed by atoms with van der Waals surface area (Å²) in [4.78, 5) is 0. The Labute approximate surface area is 138 Å². The van der Waals surface area contributed by atoms with Crippen molar-refractivity contribution in [3.8, 4) is 0 Å². The van der Waals surface area contributed by atoms with Crippen LogP contribution in [-0.2, 0) is 28.4 Å². The minimum absolute atomic E-state index is 0.249. The van der Waals surface area contributed by atoms with Gasteiger partial charge < -0.3 is 48.8 Å². The summed E-state index contributed by atoms with van der Waals surface area (Å²) in [5.41, 5.74) is 0. The standard InChI is InChI=1S/C14H24O10/c1-19-10-6-4-21-12(10)9(18)14(23-6)24-11-7(16)5(3-15)22-13(20-2)8(11)17/h5-18H,3-4H2,1-2H3/t5?,6-,7+,8?,9?,10-,11+,12?,13-,14-/m1/s1. The molecule has 4 N–H and O–H groups in total. The molecule has 3 saturated heterocycles. The van der Waals surface area contributed by atoms with Crippen molar-refractivity contribution in [2.24, 2.45) is 0 Å². The molecular weight excluding hydrogens is 328 g/mol. The van der Waals surface area contributed by atoms with Crippen molar-refractivity contribution in [1.29, 1.82) is 0 Å². The summed E-state index contributed by atoms with van der Waals surface area (Å²) >= 11 is 0. The fraction of sp³-hybridized carbons (Fsp3) is 1.00. The molecule has 3 heterocycles. The van der Waals surface area contributed by atoms with Gasteiger partial charge in [-0.25, -0.2) is 0 Å². The molecule has 10 nitrogen and oxygen atoms in total. The van der Waals surface area contributed by atoms with Crippen LogP contribution in [0.1, 0.15) is 0 Å². The van der Waals surface area contributed by atoms with Crippen molar-refractivity contribution >= 4 is 0 Å². The van der Waals surface area contributed by atoms with Crippen molar-refractivity contribution in [2.45, 2.75) is 61.4 Å². The van der Waals surface area contributed by atoms with E-state index in [1.807, 2.05) is 0 Å². The molecule has 0 amide bonds. The lowest BCUT2D eigenvalue weighted by Crippen LogP contribution is -2.63. The van der Waals surface area contributed by atoms with Crippen LogP contribution >= 0.6 is 0 Å². The van der Waals surface area contributed by atoms with Gasteiger partial charge in [-0.3, -0.25) is 0 Å². The molecule has 3 rings (SSSR count). The highest BCUT2D eigenvalue weighted by Gasteiger charge is 2.54. The van der Waals surface area contributed by atoms with Gasteiger partial charge in [-0.2, -0.15) is 0 Å². The molecule has 3 aliphatic heterocycles. The first-order valence-electron chi connectivity index (χ1n) is 7.80. The maximum absolute atomic E-state index is 10.4. The topological polar surface area (TPSA) is 136 Å². The Kier molecular flexibility index (Phi) is 5.72. The molecule has 3 aliphatic rings. The predicted molar refractivity (Wildman–Crippen MR) is 74.8 cm³/mol. The fourth-order valence-corrected chi connectivity index (χ4v) is 3.39. The Morgan fingerprint density at radius 3 is 2.29 bits per heavy atom. The first-order valence-corrected chi connectivity index (χ1v) is 7.80. The van der Waals surface area contributed by atoms with Crippen LogP contribution < -0.4 is 0 Å². The van der Waals surface area contributed by atoms with Crippen LogP contribution in [-0.4, -0.2) is 109 Å². The Morgan fingerprint density at radius 1 is 0.917 bits per heavy atom. The van der Waals surface area contributed by atoms with Gasteiger partial charge in [0, 0.05) is 14.2 Å². The molecule has 0 aromatic heterocycles. The summed E-state index contributed by atoms with van der Waals surface area (Å²) in [5, 5.41) is 40.2. The summed E-state index contributed by atoms with van der Waals surface area (Å²) in [5.74, 6) is 0. The number of ether oxygens (including phenoxy) is 6. The van der Waals surface area contributed by atoms with Crippen LogP contribution in [0.5, 0.6) is 0 Å². The maximum atomic E-state index is 10.4. The largest absolute Gasteiger partial charge is 0.394 e. The second kappa shape index (κ2) is 7.46. The molecule has 0 saturated carbocycles. The van der Waals surface area contributed by atoms with Crippen molar-refractivity contribution < 1.29 is 48.8 Å². The zero-order valence-electron chi connectivity index (χ0n) is 13.4. The quantitative estimate of drug-likeness (QED) is 0.404. The fourth-order valence-electron chi connectivity index (χ4n) is 3.39. The van der Waals surface area contributed by atoms with Crippen molar-refractivity contribution in [1.82, 2.24) is 0 Å². The third-order valence-corrected chi connectivity index (χ3v) is 4.69. The summed E-state index contributed by atoms with van der Waals surface area (Å²) in [7, 11) is 2.82. The lowest BCUT2D eigenvalue weighted by molar-refractivity contribution is -0.345. The highest BCUT2D eigenvalue weighted by molar-refractivity contribution is 4.98. The lowest BCUT2D eigenvalue weighted by Gasteiger charge is -2.44. The van der Waals surface area contributed by atoms with Crippen molar-refractivity contribution in [3.63, 3.8) is 0 Å². The van der Waals surface area contributed by atoms with Gasteiger partial charge in [0.05, 0.1) is 13.2 Å². The van der Waals surface area contributed by atoms with E-state index in [0.717, 1.165) is 0 Å². The van der Waals surface area contributed by atoms with Crippen LogP contribution in [0.4, 0.5) is 0 Å². The summed E-state index contributed by atoms with van der Waals surface area (Å²) in [6.45, 7) is -0.235. The molecule has 3 fully saturated rings. The van der Waals surface area contributed by atoms with E-state index in [0.29, 0.717) is 0 Å². The number of aliphatic hydroxyl groups is 4. The zero-order valence-corrected chi connectivity index (χ0v) is 13.4. The summed E-state index contributed by atoms with van der Waals surface area (Å²) in [6.07, 6.45) is -9.68. The third-order valence-electron chi connectivity index (χ3n) is 4.69. The van der Waals surface area contributed by atoms with E-state index < -0.39 is 68.0 Å². The molecule has 10 atom stereocenters. The minimum atomic E-state index is -1.33. The molecule has 0 aromatic carbocycles. The minimum Gasteiger partial charge on any atom is -0.394 e. The Balaban J connectivity index is 1.72. The van der Waals surface area contributed by atoms with Crippen LogP contribution in [0.15, 0.2) is 0 Å². The second-order valence-electron chi connectivity index (χ2n) is 6.07. The van der Waals surface area contributed by atoms with Gasteiger partial charge in [0.25, 0.3) is 0 Å². The van der Waals surface area contributed by atoms with E-state index in [1.54, 1.807) is 0 Å². The second-order valence-corrected chi connectivity index (χ2v) is 6.07. The van der Waals surface area contributed by atoms with E-state index in [4.69, 9.17) is 28.4 Å². The molecule has 10 heteroatoms. The van der Waals surface area contributed by atoms with Crippen molar-refractivity contribution in [3.05, 3.63) is 0 Å². The number of aliphatic hydroxyl groups excluding tert-OH is 4. The van der Waals surface area contributed by atoms with Crippen LogP contribution in [0.25, 0.3) is 0 Å². The Morgan fingerprint density at radius 2 is 1.67 bits per heavy atom. The maximum Gasteiger partial charge on any atom is 0.187 e. The van der Waals surface area contributed by atoms with E-state index in [2.05, 4.69) is 0 Å². The Bertz CT molecular complexity index is 406. The zero-order chi connectivity index (χ0) is 17.4. The number of hydrogen-bond acceptors (Lipinski definition) is 10. The normalized spacial score (nSPS) is 51.8. The number of rotatable bonds is 5. The lowest BCUT2D eigenvalue weighted by atomic mass is 9.98. The smallest absolute Gasteiger partial charge is 0.187 e. The third kappa shape index (κ3) is 3.07. The molecule has 4 unspecified atom stereocenters. The van der Waals surface area contributed by atoms with Crippen LogP contribution in [0.3, 0.4) is 0 Å². The molecule has 0 aromatic rings. The van der Waals surface area contributed by atoms with Gasteiger partial charge in [0.1, 0.15) is 48.8 Å². The number of methoxy groups -OCH3 is 2. The molecular formula is C14H24O10. The number of hydrogen-bond donors (Lipinski definition) is 4. The van der Waals surface area contributed by atoms with Gasteiger partial charge in [-0.05, 0) is 0 Å². The highest BCUT2D eigenvalue weighted by Crippen LogP contribution is 2.34. The highest BCUT2D eigenvalue weighted by atomic mass is 16.7. The average Bonchev–Trinajstić information content (AvgIpc) is 2.92. The molecule has 2 bridgehead atoms. The van der Waals surface area contributed by atoms with Gasteiger partial charge in [-0.15, -0.1) is 0 Å². The Hall–Kier alpha value is -0.400. The van der Waals surface area contributed by atoms with E-state index >= 15 is 0 Å². The van der Waals surface area contributed by atoms with E-state index in [-0.39, 0.29) is 6.61 Å². The van der Waals surface area contributed by atoms with Crippen LogP contribution in [0, 0.1) is 0 Å². The summed E-state index contributed by atoms with van der Waals surface area (Å²) in [6, 6.07) is 0. The van der Waals surface area contributed by atoms with E-state index in [1.165, 1.54) is 14.2 Å². The molecule has 0 aliphatic carbocycles. The van der Waals surface area contributed by atoms with Gasteiger partial charge in [0.2, 0.25) is 0 Å². The van der Waals surface area contributed by atoms with Crippen molar-refractivity contribution in [2.75, 3.05) is 27.4 Å². The first kappa shape index (κ1) is 18.4. The monoisotopic (exact) mass is 352 g/mol. The van der Waals surface area contributed by atoms with E-state index in [9.17, 15) is 20.4 Å². The van der Waals surface area contributed by atoms with Gasteiger partial charge in [-0.1, -0.05) is 0 Å². The molecule has 0 spiro atoms. The first-order chi connectivity index (χ1) is 11.5. The summed E-state index contributed by atoms with van der Waals surface area (Å²) < 4.78 is 32.2. The molecule has 24 heavy (non-hydrogen) atoms. The SMILES string of the molecule is CO[C@@H]1OC(CO)[C@H](O)[C@H](O[C@H]2O[C@@H]3COC(C2O)[C@@H]3OC)C1O.